The Morgan fingerprint density at radius 3 is 3.12 bits per heavy atom. The van der Waals surface area contributed by atoms with Crippen LogP contribution in [0.2, 0.25) is 0 Å². The highest BCUT2D eigenvalue weighted by atomic mass is 35.5. The number of H-pyrrole nitrogens is 1. The minimum atomic E-state index is -0.844. The fourth-order valence-electron chi connectivity index (χ4n) is 4.47. The summed E-state index contributed by atoms with van der Waals surface area (Å²) in [4.78, 5) is 19.8. The first-order valence-electron chi connectivity index (χ1n) is 10.4. The van der Waals surface area contributed by atoms with E-state index in [2.05, 4.69) is 31.1 Å². The Balaban J connectivity index is 1.39. The second kappa shape index (κ2) is 8.26. The van der Waals surface area contributed by atoms with E-state index in [0.717, 1.165) is 35.3 Å². The van der Waals surface area contributed by atoms with E-state index in [1.54, 1.807) is 24.3 Å². The van der Waals surface area contributed by atoms with Crippen LogP contribution in [-0.2, 0) is 0 Å². The van der Waals surface area contributed by atoms with Crippen LogP contribution in [0.5, 0.6) is 0 Å². The molecular weight excluding hydrogens is 430 g/mol. The maximum Gasteiger partial charge on any atom is 0.185 e. The fourth-order valence-corrected chi connectivity index (χ4v) is 4.71. The van der Waals surface area contributed by atoms with Crippen LogP contribution in [0.3, 0.4) is 0 Å². The summed E-state index contributed by atoms with van der Waals surface area (Å²) in [6.45, 7) is 1.38. The number of rotatable bonds is 4. The topological polar surface area (TPSA) is 122 Å². The van der Waals surface area contributed by atoms with E-state index in [-0.39, 0.29) is 12.0 Å². The monoisotopic (exact) mass is 451 g/mol. The highest BCUT2D eigenvalue weighted by Crippen LogP contribution is 2.33. The summed E-state index contributed by atoms with van der Waals surface area (Å²) in [6, 6.07) is 4.14. The highest BCUT2D eigenvalue weighted by Gasteiger charge is 2.36. The van der Waals surface area contributed by atoms with Crippen LogP contribution in [-0.4, -0.2) is 71.8 Å². The predicted molar refractivity (Wildman–Crippen MR) is 119 cm³/mol. The molecule has 164 valence electrons. The molecule has 1 fully saturated rings. The molecule has 11 heteroatoms. The van der Waals surface area contributed by atoms with Gasteiger partial charge in [0.2, 0.25) is 0 Å². The fraction of sp³-hybridized carbons (Fsp3) is 0.381. The van der Waals surface area contributed by atoms with Crippen molar-refractivity contribution in [2.75, 3.05) is 20.1 Å². The number of likely N-dealkylation sites (N-methyl/N-ethyl adjacent to an activating group) is 1. The first-order chi connectivity index (χ1) is 15.5. The number of hydrogen-bond acceptors (Lipinski definition) is 8. The Labute approximate surface area is 189 Å². The van der Waals surface area contributed by atoms with Gasteiger partial charge in [0, 0.05) is 55.6 Å². The van der Waals surface area contributed by atoms with Gasteiger partial charge in [0.15, 0.2) is 12.1 Å². The summed E-state index contributed by atoms with van der Waals surface area (Å²) >= 11 is 6.11. The van der Waals surface area contributed by atoms with Gasteiger partial charge in [-0.1, -0.05) is 11.6 Å². The molecule has 10 nitrogen and oxygen atoms in total. The van der Waals surface area contributed by atoms with Crippen LogP contribution >= 0.6 is 11.6 Å². The van der Waals surface area contributed by atoms with Crippen molar-refractivity contribution in [3.63, 3.8) is 0 Å². The van der Waals surface area contributed by atoms with Crippen molar-refractivity contribution in [1.29, 1.82) is 5.26 Å². The molecule has 0 spiro atoms. The number of aliphatic hydroxyl groups is 1. The summed E-state index contributed by atoms with van der Waals surface area (Å²) in [5.41, 5.74) is 2.45. The van der Waals surface area contributed by atoms with Crippen LogP contribution in [0.4, 0.5) is 0 Å². The standard InChI is InChI=1S/C21H22ClN9O/c1-29-11-17(22)28-20(21(29)32)30-7-4-13(9-30)16(2-5-23)31-10-14(8-27-31)18-15-3-6-24-19(15)26-12-25-18/h3,6,8,10-13,16,21,32H,2,4,7,9H2,1H3,(H,24,25,26). The van der Waals surface area contributed by atoms with Gasteiger partial charge in [-0.15, -0.1) is 0 Å². The van der Waals surface area contributed by atoms with Crippen molar-refractivity contribution in [1.82, 2.24) is 34.5 Å². The van der Waals surface area contributed by atoms with Gasteiger partial charge in [-0.05, 0) is 12.5 Å². The molecule has 3 aromatic rings. The van der Waals surface area contributed by atoms with Crippen LogP contribution in [0.1, 0.15) is 18.9 Å². The van der Waals surface area contributed by atoms with Crippen LogP contribution < -0.4 is 0 Å². The van der Waals surface area contributed by atoms with Crippen molar-refractivity contribution >= 4 is 28.5 Å². The zero-order chi connectivity index (χ0) is 22.2. The molecular formula is C21H22ClN9O. The Kier molecular flexibility index (Phi) is 5.28. The average molecular weight is 452 g/mol. The summed E-state index contributed by atoms with van der Waals surface area (Å²) in [5.74, 6) is 0.708. The Morgan fingerprint density at radius 2 is 2.28 bits per heavy atom. The lowest BCUT2D eigenvalue weighted by Crippen LogP contribution is -2.46. The van der Waals surface area contributed by atoms with Crippen molar-refractivity contribution in [2.24, 2.45) is 10.9 Å². The molecule has 32 heavy (non-hydrogen) atoms. The number of aliphatic hydroxyl groups excluding tert-OH is 1. The number of nitrogens with zero attached hydrogens (tertiary/aromatic N) is 8. The smallest absolute Gasteiger partial charge is 0.185 e. The zero-order valence-electron chi connectivity index (χ0n) is 17.4. The Morgan fingerprint density at radius 1 is 1.41 bits per heavy atom. The molecule has 5 rings (SSSR count). The van der Waals surface area contributed by atoms with Gasteiger partial charge in [0.05, 0.1) is 30.4 Å². The number of nitriles is 1. The quantitative estimate of drug-likeness (QED) is 0.583. The lowest BCUT2D eigenvalue weighted by atomic mass is 9.96. The van der Waals surface area contributed by atoms with E-state index < -0.39 is 6.23 Å². The second-order valence-electron chi connectivity index (χ2n) is 8.06. The highest BCUT2D eigenvalue weighted by molar-refractivity contribution is 6.30. The molecule has 0 aromatic carbocycles. The van der Waals surface area contributed by atoms with Crippen molar-refractivity contribution in [2.45, 2.75) is 25.1 Å². The number of halogens is 1. The van der Waals surface area contributed by atoms with Gasteiger partial charge in [-0.25, -0.2) is 15.0 Å². The maximum atomic E-state index is 10.5. The van der Waals surface area contributed by atoms with Gasteiger partial charge in [-0.3, -0.25) is 4.68 Å². The first-order valence-corrected chi connectivity index (χ1v) is 10.7. The number of aromatic nitrogens is 5. The SMILES string of the molecule is CN1C=C(Cl)N=C(N2CCC(C(CC#N)n3cc(-c4ncnc5[nH]ccc45)cn3)C2)C1O. The average Bonchev–Trinajstić information content (AvgIpc) is 3.54. The first kappa shape index (κ1) is 20.5. The van der Waals surface area contributed by atoms with E-state index in [1.807, 2.05) is 28.0 Å². The number of amidine groups is 1. The lowest BCUT2D eigenvalue weighted by Gasteiger charge is -2.32. The normalized spacial score (nSPS) is 22.1. The molecule has 3 atom stereocenters. The zero-order valence-corrected chi connectivity index (χ0v) is 18.2. The number of fused-ring (bicyclic) bond motifs is 1. The minimum absolute atomic E-state index is 0.104. The Bertz CT molecular complexity index is 1240. The molecule has 2 aliphatic rings. The van der Waals surface area contributed by atoms with Crippen LogP contribution in [0, 0.1) is 17.2 Å². The molecule has 0 radical (unpaired) electrons. The van der Waals surface area contributed by atoms with Gasteiger partial charge >= 0.3 is 0 Å². The molecule has 0 saturated carbocycles. The van der Waals surface area contributed by atoms with Gasteiger partial charge in [-0.2, -0.15) is 10.4 Å². The summed E-state index contributed by atoms with van der Waals surface area (Å²) in [7, 11) is 1.76. The van der Waals surface area contributed by atoms with Crippen molar-refractivity contribution in [3.05, 3.63) is 42.3 Å². The van der Waals surface area contributed by atoms with E-state index in [4.69, 9.17) is 11.6 Å². The van der Waals surface area contributed by atoms with Crippen molar-refractivity contribution in [3.8, 4) is 17.3 Å². The number of likely N-dealkylation sites (tertiary alicyclic amines) is 1. The van der Waals surface area contributed by atoms with Gasteiger partial charge in [0.1, 0.15) is 17.1 Å². The van der Waals surface area contributed by atoms with Crippen LogP contribution in [0.15, 0.2) is 47.3 Å². The van der Waals surface area contributed by atoms with E-state index >= 15 is 0 Å². The number of nitrogens with one attached hydrogen (secondary N) is 1. The number of aliphatic imine (C=N–C) groups is 1. The third-order valence-corrected chi connectivity index (χ3v) is 6.29. The third kappa shape index (κ3) is 3.59. The molecule has 0 amide bonds. The lowest BCUT2D eigenvalue weighted by molar-refractivity contribution is 0.101. The summed E-state index contributed by atoms with van der Waals surface area (Å²) < 4.78 is 1.87. The van der Waals surface area contributed by atoms with Gasteiger partial charge in [0.25, 0.3) is 0 Å². The van der Waals surface area contributed by atoms with Crippen molar-refractivity contribution < 1.29 is 5.11 Å². The van der Waals surface area contributed by atoms with Crippen LogP contribution in [0.25, 0.3) is 22.3 Å². The molecule has 3 unspecified atom stereocenters. The summed E-state index contributed by atoms with van der Waals surface area (Å²) in [6.07, 6.45) is 9.03. The molecule has 0 bridgehead atoms. The molecule has 2 N–H and O–H groups in total. The molecule has 2 aliphatic heterocycles. The number of hydrogen-bond donors (Lipinski definition) is 2. The number of aromatic amines is 1. The predicted octanol–water partition coefficient (Wildman–Crippen LogP) is 2.30. The van der Waals surface area contributed by atoms with E-state index in [9.17, 15) is 10.4 Å². The third-order valence-electron chi connectivity index (χ3n) is 6.11. The molecule has 1 saturated heterocycles. The molecule has 3 aromatic heterocycles. The molecule has 5 heterocycles. The Hall–Kier alpha value is -3.42. The minimum Gasteiger partial charge on any atom is -0.367 e. The molecule has 0 aliphatic carbocycles. The van der Waals surface area contributed by atoms with E-state index in [1.165, 1.54) is 6.33 Å². The van der Waals surface area contributed by atoms with Gasteiger partial charge < -0.3 is 19.9 Å². The summed E-state index contributed by atoms with van der Waals surface area (Å²) in [5, 5.41) is 25.9. The second-order valence-corrected chi connectivity index (χ2v) is 8.44. The largest absolute Gasteiger partial charge is 0.367 e. The van der Waals surface area contributed by atoms with E-state index in [0.29, 0.717) is 24.0 Å². The maximum absolute atomic E-state index is 10.5.